The number of aromatic nitrogens is 2. The number of carbonyl (C=O) groups is 1. The van der Waals surface area contributed by atoms with Crippen LogP contribution in [0.15, 0.2) is 42.7 Å². The molecule has 0 spiro atoms. The Morgan fingerprint density at radius 3 is 2.88 bits per heavy atom. The van der Waals surface area contributed by atoms with Crippen LogP contribution in [0.4, 0.5) is 0 Å². The van der Waals surface area contributed by atoms with Crippen molar-refractivity contribution in [2.45, 2.75) is 44.1 Å². The smallest absolute Gasteiger partial charge is 0.226 e. The zero-order valence-corrected chi connectivity index (χ0v) is 14.3. The second-order valence-corrected chi connectivity index (χ2v) is 7.25. The van der Waals surface area contributed by atoms with Crippen molar-refractivity contribution >= 4 is 5.91 Å². The average molecular weight is 323 g/mol. The number of rotatable bonds is 5. The molecule has 126 valence electrons. The van der Waals surface area contributed by atoms with Crippen molar-refractivity contribution in [3.05, 3.63) is 53.9 Å². The lowest BCUT2D eigenvalue weighted by Crippen LogP contribution is -2.37. The van der Waals surface area contributed by atoms with Crippen molar-refractivity contribution in [3.63, 3.8) is 0 Å². The molecule has 3 atom stereocenters. The SMILES string of the molecule is Cn1cc([C@@H]2C[C@H]2C(=O)N2CCC[C@@H]2CCc2ccccc2)cn1. The van der Waals surface area contributed by atoms with Crippen molar-refractivity contribution in [3.8, 4) is 0 Å². The maximum Gasteiger partial charge on any atom is 0.226 e. The molecular weight excluding hydrogens is 298 g/mol. The lowest BCUT2D eigenvalue weighted by atomic mass is 10.0. The first-order chi connectivity index (χ1) is 11.7. The van der Waals surface area contributed by atoms with Crippen molar-refractivity contribution in [2.24, 2.45) is 13.0 Å². The Balaban J connectivity index is 1.35. The highest BCUT2D eigenvalue weighted by Gasteiger charge is 2.47. The zero-order chi connectivity index (χ0) is 16.5. The summed E-state index contributed by atoms with van der Waals surface area (Å²) >= 11 is 0. The van der Waals surface area contributed by atoms with E-state index in [1.807, 2.05) is 17.9 Å². The second kappa shape index (κ2) is 6.42. The van der Waals surface area contributed by atoms with Crippen LogP contribution >= 0.6 is 0 Å². The molecule has 2 fully saturated rings. The average Bonchev–Trinajstić information content (AvgIpc) is 3.05. The van der Waals surface area contributed by atoms with Crippen molar-refractivity contribution < 1.29 is 4.79 Å². The minimum Gasteiger partial charge on any atom is -0.339 e. The molecule has 2 aromatic rings. The van der Waals surface area contributed by atoms with Crippen LogP contribution in [0.2, 0.25) is 0 Å². The number of amides is 1. The Kier molecular flexibility index (Phi) is 4.13. The molecule has 4 rings (SSSR count). The van der Waals surface area contributed by atoms with Crippen LogP contribution in [0.1, 0.15) is 42.7 Å². The highest BCUT2D eigenvalue weighted by atomic mass is 16.2. The fraction of sp³-hybridized carbons (Fsp3) is 0.500. The predicted octanol–water partition coefficient (Wildman–Crippen LogP) is 3.15. The lowest BCUT2D eigenvalue weighted by molar-refractivity contribution is -0.133. The van der Waals surface area contributed by atoms with Gasteiger partial charge >= 0.3 is 0 Å². The molecule has 2 heterocycles. The Morgan fingerprint density at radius 1 is 1.29 bits per heavy atom. The largest absolute Gasteiger partial charge is 0.339 e. The minimum atomic E-state index is 0.187. The third-order valence-electron chi connectivity index (χ3n) is 5.53. The van der Waals surface area contributed by atoms with Gasteiger partial charge in [-0.3, -0.25) is 9.48 Å². The number of aryl methyl sites for hydroxylation is 2. The molecular formula is C20H25N3O. The topological polar surface area (TPSA) is 38.1 Å². The number of benzene rings is 1. The van der Waals surface area contributed by atoms with Crippen LogP contribution in [-0.2, 0) is 18.3 Å². The summed E-state index contributed by atoms with van der Waals surface area (Å²) in [6, 6.07) is 11.0. The van der Waals surface area contributed by atoms with E-state index in [1.54, 1.807) is 0 Å². The first kappa shape index (κ1) is 15.4. The number of likely N-dealkylation sites (tertiary alicyclic amines) is 1. The van der Waals surface area contributed by atoms with Gasteiger partial charge in [-0.1, -0.05) is 30.3 Å². The number of nitrogens with zero attached hydrogens (tertiary/aromatic N) is 3. The molecule has 4 heteroatoms. The van der Waals surface area contributed by atoms with Gasteiger partial charge in [0.05, 0.1) is 6.20 Å². The van der Waals surface area contributed by atoms with Crippen molar-refractivity contribution in [2.75, 3.05) is 6.54 Å². The van der Waals surface area contributed by atoms with E-state index < -0.39 is 0 Å². The molecule has 0 unspecified atom stereocenters. The van der Waals surface area contributed by atoms with Crippen molar-refractivity contribution in [1.29, 1.82) is 0 Å². The highest BCUT2D eigenvalue weighted by molar-refractivity contribution is 5.83. The van der Waals surface area contributed by atoms with E-state index in [0.29, 0.717) is 17.9 Å². The summed E-state index contributed by atoms with van der Waals surface area (Å²) in [5.41, 5.74) is 2.59. The Labute approximate surface area is 143 Å². The van der Waals surface area contributed by atoms with Crippen LogP contribution in [0.5, 0.6) is 0 Å². The van der Waals surface area contributed by atoms with Crippen LogP contribution in [0.25, 0.3) is 0 Å². The zero-order valence-electron chi connectivity index (χ0n) is 14.3. The summed E-state index contributed by atoms with van der Waals surface area (Å²) in [6.45, 7) is 0.939. The van der Waals surface area contributed by atoms with E-state index in [4.69, 9.17) is 0 Å². The van der Waals surface area contributed by atoms with Gasteiger partial charge in [-0.15, -0.1) is 0 Å². The summed E-state index contributed by atoms with van der Waals surface area (Å²) < 4.78 is 1.83. The van der Waals surface area contributed by atoms with Gasteiger partial charge in [-0.25, -0.2) is 0 Å². The van der Waals surface area contributed by atoms with Gasteiger partial charge in [-0.2, -0.15) is 5.10 Å². The molecule has 1 aliphatic carbocycles. The summed E-state index contributed by atoms with van der Waals surface area (Å²) in [6.07, 6.45) is 9.40. The van der Waals surface area contributed by atoms with Crippen LogP contribution < -0.4 is 0 Å². The van der Waals surface area contributed by atoms with Crippen LogP contribution in [0, 0.1) is 5.92 Å². The molecule has 0 N–H and O–H groups in total. The van der Waals surface area contributed by atoms with Gasteiger partial charge in [0.25, 0.3) is 0 Å². The Morgan fingerprint density at radius 2 is 2.12 bits per heavy atom. The van der Waals surface area contributed by atoms with E-state index in [0.717, 1.165) is 38.6 Å². The van der Waals surface area contributed by atoms with Crippen molar-refractivity contribution in [1.82, 2.24) is 14.7 Å². The monoisotopic (exact) mass is 323 g/mol. The number of hydrogen-bond acceptors (Lipinski definition) is 2. The molecule has 1 aliphatic heterocycles. The normalized spacial score (nSPS) is 25.9. The van der Waals surface area contributed by atoms with Gasteiger partial charge in [-0.05, 0) is 49.1 Å². The van der Waals surface area contributed by atoms with Crippen LogP contribution in [-0.4, -0.2) is 33.2 Å². The minimum absolute atomic E-state index is 0.187. The molecule has 1 saturated carbocycles. The second-order valence-electron chi connectivity index (χ2n) is 7.25. The van der Waals surface area contributed by atoms with E-state index >= 15 is 0 Å². The Hall–Kier alpha value is -2.10. The van der Waals surface area contributed by atoms with Gasteiger partial charge in [0, 0.05) is 31.7 Å². The molecule has 1 aromatic heterocycles. The van der Waals surface area contributed by atoms with Gasteiger partial charge in [0.2, 0.25) is 5.91 Å². The molecule has 1 saturated heterocycles. The van der Waals surface area contributed by atoms with E-state index in [2.05, 4.69) is 46.5 Å². The van der Waals surface area contributed by atoms with Gasteiger partial charge in [0.15, 0.2) is 0 Å². The summed E-state index contributed by atoms with van der Waals surface area (Å²) in [5, 5.41) is 4.24. The quantitative estimate of drug-likeness (QED) is 0.848. The molecule has 1 amide bonds. The summed E-state index contributed by atoms with van der Waals surface area (Å²) in [5.74, 6) is 0.951. The Bertz CT molecular complexity index is 709. The first-order valence-electron chi connectivity index (χ1n) is 9.05. The molecule has 0 radical (unpaired) electrons. The standard InChI is InChI=1S/C20H25N3O/c1-22-14-16(13-21-22)18-12-19(18)20(24)23-11-5-8-17(23)10-9-15-6-3-2-4-7-15/h2-4,6-7,13-14,17-19H,5,8-12H2,1H3/t17-,18+,19-/m1/s1. The predicted molar refractivity (Wildman–Crippen MR) is 93.6 cm³/mol. The molecule has 24 heavy (non-hydrogen) atoms. The third kappa shape index (κ3) is 3.10. The highest BCUT2D eigenvalue weighted by Crippen LogP contribution is 2.49. The maximum absolute atomic E-state index is 12.9. The van der Waals surface area contributed by atoms with Gasteiger partial charge < -0.3 is 4.90 Å². The summed E-state index contributed by atoms with van der Waals surface area (Å²) in [4.78, 5) is 15.1. The molecule has 1 aromatic carbocycles. The maximum atomic E-state index is 12.9. The molecule has 0 bridgehead atoms. The first-order valence-corrected chi connectivity index (χ1v) is 9.05. The van der Waals surface area contributed by atoms with E-state index in [1.165, 1.54) is 11.1 Å². The fourth-order valence-electron chi connectivity index (χ4n) is 4.08. The lowest BCUT2D eigenvalue weighted by Gasteiger charge is -2.25. The number of hydrogen-bond donors (Lipinski definition) is 0. The van der Waals surface area contributed by atoms with Gasteiger partial charge in [0.1, 0.15) is 0 Å². The third-order valence-corrected chi connectivity index (χ3v) is 5.53. The molecule has 4 nitrogen and oxygen atoms in total. The molecule has 2 aliphatic rings. The van der Waals surface area contributed by atoms with E-state index in [9.17, 15) is 4.79 Å². The van der Waals surface area contributed by atoms with E-state index in [-0.39, 0.29) is 5.92 Å². The summed E-state index contributed by atoms with van der Waals surface area (Å²) in [7, 11) is 1.93. The number of carbonyl (C=O) groups excluding carboxylic acids is 1. The fourth-order valence-corrected chi connectivity index (χ4v) is 4.08. The van der Waals surface area contributed by atoms with Crippen LogP contribution in [0.3, 0.4) is 0 Å².